The topological polar surface area (TPSA) is 115 Å². The molecule has 1 unspecified atom stereocenters. The van der Waals surface area contributed by atoms with Gasteiger partial charge < -0.3 is 34.3 Å². The molecule has 16 atom stereocenters. The second kappa shape index (κ2) is 12.0. The molecule has 0 aromatic rings. The monoisotopic (exact) mass is 596 g/mol. The number of aliphatic hydroxyl groups excluding tert-OH is 2. The highest BCUT2D eigenvalue weighted by Crippen LogP contribution is 2.63. The second-order valence-electron chi connectivity index (χ2n) is 14.9. The summed E-state index contributed by atoms with van der Waals surface area (Å²) in [7, 11) is 0. The van der Waals surface area contributed by atoms with Crippen LogP contribution in [0.5, 0.6) is 0 Å². The quantitative estimate of drug-likeness (QED) is 0.297. The third kappa shape index (κ3) is 5.13. The van der Waals surface area contributed by atoms with Gasteiger partial charge in [-0.25, -0.2) is 0 Å². The number of carbonyl (C=O) groups excluding carboxylic acids is 1. The van der Waals surface area contributed by atoms with E-state index in [2.05, 4.69) is 34.6 Å². The minimum Gasteiger partial charge on any atom is -0.392 e. The Labute approximate surface area is 254 Å². The zero-order valence-corrected chi connectivity index (χ0v) is 28.1. The van der Waals surface area contributed by atoms with Gasteiger partial charge in [0.1, 0.15) is 11.4 Å². The Kier molecular flexibility index (Phi) is 9.76. The largest absolute Gasteiger partial charge is 0.392 e. The average Bonchev–Trinajstić information content (AvgIpc) is 3.56. The standard InChI is InChI=1S/C34H60O8/c1-12-23(27(36)20(7)26(35)21(8)30-22(9)28(37)24(13-2)32(11,38)41-30)29-18(5)16-31(10,40-29)34-19(6)17-33(15-4,42-34)25(14-3)39-34/h18-26,28-30,35,37-38H,12-17H2,1-11H3/t18-,19+,20-,21-,22-,23+,24+,25-,26+,28+,29-,30+,31-,32-,33?,34+/m0/s1. The van der Waals surface area contributed by atoms with E-state index in [1.807, 2.05) is 27.7 Å². The smallest absolute Gasteiger partial charge is 0.201 e. The number of aliphatic hydroxyl groups is 3. The lowest BCUT2D eigenvalue weighted by Gasteiger charge is -2.50. The van der Waals surface area contributed by atoms with Gasteiger partial charge in [0.15, 0.2) is 5.79 Å². The predicted molar refractivity (Wildman–Crippen MR) is 160 cm³/mol. The van der Waals surface area contributed by atoms with Gasteiger partial charge in [-0.2, -0.15) is 0 Å². The van der Waals surface area contributed by atoms with Crippen molar-refractivity contribution in [1.29, 1.82) is 0 Å². The molecule has 0 aromatic heterocycles. The lowest BCUT2D eigenvalue weighted by atomic mass is 9.72. The van der Waals surface area contributed by atoms with Crippen LogP contribution in [0.15, 0.2) is 0 Å². The molecule has 4 aliphatic heterocycles. The Morgan fingerprint density at radius 1 is 0.952 bits per heavy atom. The summed E-state index contributed by atoms with van der Waals surface area (Å²) < 4.78 is 26.7. The molecule has 8 nitrogen and oxygen atoms in total. The minimum absolute atomic E-state index is 0.0280. The lowest BCUT2D eigenvalue weighted by molar-refractivity contribution is -0.323. The third-order valence-electron chi connectivity index (χ3n) is 12.1. The van der Waals surface area contributed by atoms with E-state index in [1.54, 1.807) is 13.8 Å². The van der Waals surface area contributed by atoms with Crippen LogP contribution in [0, 0.1) is 41.4 Å². The number of hydrogen-bond acceptors (Lipinski definition) is 8. The number of hydrogen-bond donors (Lipinski definition) is 3. The van der Waals surface area contributed by atoms with Crippen LogP contribution in [0.4, 0.5) is 0 Å². The van der Waals surface area contributed by atoms with E-state index in [4.69, 9.17) is 18.9 Å². The van der Waals surface area contributed by atoms with Crippen LogP contribution in [0.3, 0.4) is 0 Å². The van der Waals surface area contributed by atoms with Gasteiger partial charge in [-0.05, 0) is 58.3 Å². The first-order valence-electron chi connectivity index (χ1n) is 16.8. The molecule has 244 valence electrons. The lowest BCUT2D eigenvalue weighted by Crippen LogP contribution is -2.59. The third-order valence-corrected chi connectivity index (χ3v) is 12.1. The van der Waals surface area contributed by atoms with Crippen LogP contribution < -0.4 is 0 Å². The van der Waals surface area contributed by atoms with Crippen LogP contribution in [0.25, 0.3) is 0 Å². The van der Waals surface area contributed by atoms with Gasteiger partial charge in [0, 0.05) is 35.5 Å². The number of rotatable bonds is 11. The second-order valence-corrected chi connectivity index (χ2v) is 14.9. The van der Waals surface area contributed by atoms with E-state index in [0.717, 1.165) is 25.7 Å². The van der Waals surface area contributed by atoms with Crippen molar-refractivity contribution >= 4 is 5.78 Å². The average molecular weight is 597 g/mol. The highest BCUT2D eigenvalue weighted by molar-refractivity contribution is 5.84. The molecule has 4 heterocycles. The number of carbonyl (C=O) groups is 1. The number of fused-ring (bicyclic) bond motifs is 2. The van der Waals surface area contributed by atoms with Crippen molar-refractivity contribution in [3.8, 4) is 0 Å². The SMILES string of the molecule is CC[C@H](C(=O)[C@@H](C)[C@@H](O)[C@H](C)[C@H]1O[C@](C)(O)[C@H](CC)[C@H](O)[C@@H]1C)[C@H]1O[C@](C)([C@@]23O[C@@H](CC)C(CC)(C[C@H]2C)O3)C[C@@H]1C. The number of ether oxygens (including phenoxy) is 4. The van der Waals surface area contributed by atoms with Crippen LogP contribution in [0.2, 0.25) is 0 Å². The van der Waals surface area contributed by atoms with Crippen molar-refractivity contribution in [2.75, 3.05) is 0 Å². The van der Waals surface area contributed by atoms with Crippen molar-refractivity contribution < 1.29 is 39.1 Å². The maximum absolute atomic E-state index is 14.1. The Balaban J connectivity index is 1.51. The van der Waals surface area contributed by atoms with Crippen molar-refractivity contribution in [3.05, 3.63) is 0 Å². The molecule has 2 bridgehead atoms. The summed E-state index contributed by atoms with van der Waals surface area (Å²) in [5, 5.41) is 33.5. The summed E-state index contributed by atoms with van der Waals surface area (Å²) in [4.78, 5) is 14.1. The Morgan fingerprint density at radius 3 is 2.14 bits per heavy atom. The van der Waals surface area contributed by atoms with Crippen molar-refractivity contribution in [3.63, 3.8) is 0 Å². The van der Waals surface area contributed by atoms with Gasteiger partial charge in [-0.15, -0.1) is 0 Å². The minimum atomic E-state index is -1.51. The Bertz CT molecular complexity index is 971. The molecule has 42 heavy (non-hydrogen) atoms. The van der Waals surface area contributed by atoms with Crippen LogP contribution >= 0.6 is 0 Å². The van der Waals surface area contributed by atoms with Crippen molar-refractivity contribution in [2.24, 2.45) is 41.4 Å². The first kappa shape index (κ1) is 34.3. The fourth-order valence-electron chi connectivity index (χ4n) is 9.61. The van der Waals surface area contributed by atoms with Gasteiger partial charge in [-0.3, -0.25) is 4.79 Å². The molecular weight excluding hydrogens is 536 g/mol. The Hall–Kier alpha value is -0.610. The molecule has 3 N–H and O–H groups in total. The molecule has 4 saturated heterocycles. The fraction of sp³-hybridized carbons (Fsp3) is 0.971. The molecular formula is C34H60O8. The van der Waals surface area contributed by atoms with E-state index < -0.39 is 59.2 Å². The van der Waals surface area contributed by atoms with E-state index in [0.29, 0.717) is 12.8 Å². The first-order valence-corrected chi connectivity index (χ1v) is 16.8. The predicted octanol–water partition coefficient (Wildman–Crippen LogP) is 5.24. The van der Waals surface area contributed by atoms with Gasteiger partial charge in [-0.1, -0.05) is 62.3 Å². The normalized spacial score (nSPS) is 50.0. The van der Waals surface area contributed by atoms with Gasteiger partial charge in [0.2, 0.25) is 5.79 Å². The van der Waals surface area contributed by atoms with E-state index in [9.17, 15) is 20.1 Å². The molecule has 0 saturated carbocycles. The van der Waals surface area contributed by atoms with E-state index in [-0.39, 0.29) is 41.3 Å². The molecule has 4 aliphatic rings. The molecule has 0 amide bonds. The summed E-state index contributed by atoms with van der Waals surface area (Å²) in [6.07, 6.45) is 1.96. The highest BCUT2D eigenvalue weighted by atomic mass is 16.8. The highest BCUT2D eigenvalue weighted by Gasteiger charge is 2.73. The Morgan fingerprint density at radius 2 is 1.60 bits per heavy atom. The first-order chi connectivity index (χ1) is 19.5. The summed E-state index contributed by atoms with van der Waals surface area (Å²) in [6, 6.07) is 0. The molecule has 0 radical (unpaired) electrons. The number of Topliss-reactive ketones (excluding diaryl/α,β-unsaturated/α-hetero) is 1. The summed E-state index contributed by atoms with van der Waals surface area (Å²) in [5.74, 6) is -4.36. The van der Waals surface area contributed by atoms with Crippen LogP contribution in [0.1, 0.15) is 115 Å². The van der Waals surface area contributed by atoms with Crippen molar-refractivity contribution in [1.82, 2.24) is 0 Å². The molecule has 8 heteroatoms. The van der Waals surface area contributed by atoms with Crippen LogP contribution in [-0.2, 0) is 23.7 Å². The maximum atomic E-state index is 14.1. The molecule has 0 aliphatic carbocycles. The fourth-order valence-corrected chi connectivity index (χ4v) is 9.61. The van der Waals surface area contributed by atoms with Gasteiger partial charge in [0.25, 0.3) is 0 Å². The van der Waals surface area contributed by atoms with E-state index in [1.165, 1.54) is 0 Å². The number of ketones is 1. The van der Waals surface area contributed by atoms with Crippen molar-refractivity contribution in [2.45, 2.75) is 168 Å². The van der Waals surface area contributed by atoms with E-state index >= 15 is 0 Å². The molecule has 4 fully saturated rings. The molecule has 0 aromatic carbocycles. The zero-order chi connectivity index (χ0) is 31.6. The summed E-state index contributed by atoms with van der Waals surface area (Å²) >= 11 is 0. The maximum Gasteiger partial charge on any atom is 0.201 e. The molecule has 0 spiro atoms. The zero-order valence-electron chi connectivity index (χ0n) is 28.1. The van der Waals surface area contributed by atoms with Gasteiger partial charge in [0.05, 0.1) is 36.1 Å². The molecule has 4 rings (SSSR count). The summed E-state index contributed by atoms with van der Waals surface area (Å²) in [6.45, 7) is 21.8. The van der Waals surface area contributed by atoms with Crippen LogP contribution in [-0.4, -0.2) is 74.4 Å². The summed E-state index contributed by atoms with van der Waals surface area (Å²) in [5.41, 5.74) is -0.979. The van der Waals surface area contributed by atoms with Gasteiger partial charge >= 0.3 is 0 Å².